The summed E-state index contributed by atoms with van der Waals surface area (Å²) in [6.45, 7) is 11.3. The fourth-order valence-electron chi connectivity index (χ4n) is 4.41. The van der Waals surface area contributed by atoms with Gasteiger partial charge >= 0.3 is 0 Å². The molecule has 0 aliphatic heterocycles. The zero-order chi connectivity index (χ0) is 12.7. The maximum atomic E-state index is 4.77. The fourth-order valence-corrected chi connectivity index (χ4v) is 4.41. The molecule has 1 nitrogen and oxygen atoms in total. The van der Waals surface area contributed by atoms with E-state index in [1.165, 1.54) is 44.1 Å². The van der Waals surface area contributed by atoms with E-state index in [9.17, 15) is 0 Å². The summed E-state index contributed by atoms with van der Waals surface area (Å²) in [6.07, 6.45) is 8.10. The number of rotatable bonds is 2. The lowest BCUT2D eigenvalue weighted by Crippen LogP contribution is -2.50. The Bertz CT molecular complexity index is 299. The molecule has 0 aromatic rings. The number of fused-ring (bicyclic) bond motifs is 1. The highest BCUT2D eigenvalue weighted by molar-refractivity contribution is 5.15. The highest BCUT2D eigenvalue weighted by atomic mass is 15.0. The molecule has 98 valence electrons. The smallest absolute Gasteiger partial charge is 0.0206 e. The molecule has 0 aromatic heterocycles. The second kappa shape index (κ2) is 4.42. The minimum Gasteiger partial charge on any atom is -0.659 e. The molecular formula is C16H28N-. The van der Waals surface area contributed by atoms with Gasteiger partial charge < -0.3 is 5.32 Å². The quantitative estimate of drug-likeness (QED) is 0.601. The Labute approximate surface area is 107 Å². The molecule has 4 atom stereocenters. The lowest BCUT2D eigenvalue weighted by molar-refractivity contribution is 0.00360. The van der Waals surface area contributed by atoms with Gasteiger partial charge in [0.2, 0.25) is 0 Å². The van der Waals surface area contributed by atoms with E-state index >= 15 is 0 Å². The van der Waals surface area contributed by atoms with Crippen LogP contribution in [0.15, 0.2) is 12.2 Å². The molecule has 2 aliphatic rings. The maximum Gasteiger partial charge on any atom is -0.0206 e. The molecule has 0 bridgehead atoms. The van der Waals surface area contributed by atoms with E-state index in [4.69, 9.17) is 5.32 Å². The van der Waals surface area contributed by atoms with Gasteiger partial charge in [-0.3, -0.25) is 0 Å². The fraction of sp³-hybridized carbons (Fsp3) is 0.875. The molecule has 0 amide bonds. The second-order valence-corrected chi connectivity index (χ2v) is 6.96. The average molecular weight is 234 g/mol. The molecule has 17 heavy (non-hydrogen) atoms. The van der Waals surface area contributed by atoms with Gasteiger partial charge in [-0.2, -0.15) is 7.05 Å². The Kier molecular flexibility index (Phi) is 3.42. The zero-order valence-corrected chi connectivity index (χ0v) is 12.1. The third-order valence-corrected chi connectivity index (χ3v) is 5.81. The van der Waals surface area contributed by atoms with Crippen molar-refractivity contribution in [2.75, 3.05) is 7.05 Å². The third-order valence-electron chi connectivity index (χ3n) is 5.81. The molecule has 4 unspecified atom stereocenters. The van der Waals surface area contributed by atoms with E-state index in [1.807, 2.05) is 7.05 Å². The van der Waals surface area contributed by atoms with Gasteiger partial charge in [0.15, 0.2) is 0 Å². The van der Waals surface area contributed by atoms with Crippen LogP contribution in [0.3, 0.4) is 0 Å². The Morgan fingerprint density at radius 2 is 1.94 bits per heavy atom. The Balaban J connectivity index is 2.23. The summed E-state index contributed by atoms with van der Waals surface area (Å²) in [6, 6.07) is 0. The summed E-state index contributed by atoms with van der Waals surface area (Å²) < 4.78 is 0. The van der Waals surface area contributed by atoms with Crippen molar-refractivity contribution in [3.63, 3.8) is 0 Å². The van der Waals surface area contributed by atoms with Crippen LogP contribution in [0.4, 0.5) is 0 Å². The van der Waals surface area contributed by atoms with Crippen LogP contribution in [0, 0.1) is 17.3 Å². The van der Waals surface area contributed by atoms with Crippen molar-refractivity contribution in [2.45, 2.75) is 64.8 Å². The number of allylic oxidation sites excluding steroid dienone is 1. The van der Waals surface area contributed by atoms with Gasteiger partial charge in [0.1, 0.15) is 0 Å². The van der Waals surface area contributed by atoms with Crippen LogP contribution in [-0.2, 0) is 0 Å². The minimum absolute atomic E-state index is 0.223. The molecule has 0 heterocycles. The maximum absolute atomic E-state index is 4.77. The predicted octanol–water partition coefficient (Wildman–Crippen LogP) is 4.93. The molecular weight excluding hydrogens is 206 g/mol. The first-order valence-electron chi connectivity index (χ1n) is 7.18. The lowest BCUT2D eigenvalue weighted by Gasteiger charge is -2.62. The van der Waals surface area contributed by atoms with E-state index in [1.54, 1.807) is 0 Å². The number of hydrogen-bond acceptors (Lipinski definition) is 0. The molecule has 2 fully saturated rings. The molecule has 1 heteroatoms. The topological polar surface area (TPSA) is 14.1 Å². The van der Waals surface area contributed by atoms with Crippen molar-refractivity contribution >= 4 is 0 Å². The molecule has 2 aliphatic carbocycles. The molecule has 2 saturated carbocycles. The van der Waals surface area contributed by atoms with Gasteiger partial charge in [-0.05, 0) is 49.9 Å². The van der Waals surface area contributed by atoms with Gasteiger partial charge in [-0.15, -0.1) is 5.54 Å². The standard InChI is InChI=1S/C16H28N/c1-12(2)13-7-10-15(3)8-6-9-16(4,17-5)14(15)11-13/h13-14H,1,6-11H2,2-5H3/q-1. The minimum atomic E-state index is 0.223. The summed E-state index contributed by atoms with van der Waals surface area (Å²) in [5.74, 6) is 1.51. The van der Waals surface area contributed by atoms with Crippen LogP contribution in [0.5, 0.6) is 0 Å². The average Bonchev–Trinajstić information content (AvgIpc) is 2.28. The second-order valence-electron chi connectivity index (χ2n) is 6.96. The number of hydrogen-bond donors (Lipinski definition) is 0. The Morgan fingerprint density at radius 1 is 1.24 bits per heavy atom. The first kappa shape index (κ1) is 13.1. The summed E-state index contributed by atoms with van der Waals surface area (Å²) in [4.78, 5) is 0. The summed E-state index contributed by atoms with van der Waals surface area (Å²) in [5, 5.41) is 4.77. The van der Waals surface area contributed by atoms with Gasteiger partial charge in [0, 0.05) is 0 Å². The molecule has 0 spiro atoms. The van der Waals surface area contributed by atoms with Gasteiger partial charge in [-0.25, -0.2) is 0 Å². The van der Waals surface area contributed by atoms with Gasteiger partial charge in [0.05, 0.1) is 0 Å². The Hall–Kier alpha value is -0.300. The largest absolute Gasteiger partial charge is 0.659 e. The summed E-state index contributed by atoms with van der Waals surface area (Å²) >= 11 is 0. The predicted molar refractivity (Wildman–Crippen MR) is 75.3 cm³/mol. The van der Waals surface area contributed by atoms with Crippen LogP contribution in [0.25, 0.3) is 5.32 Å². The normalized spacial score (nSPS) is 46.4. The summed E-state index contributed by atoms with van der Waals surface area (Å²) in [5.41, 5.74) is 2.15. The van der Waals surface area contributed by atoms with E-state index < -0.39 is 0 Å². The summed E-state index contributed by atoms with van der Waals surface area (Å²) in [7, 11) is 2.02. The molecule has 0 aromatic carbocycles. The van der Waals surface area contributed by atoms with Crippen molar-refractivity contribution in [2.24, 2.45) is 17.3 Å². The van der Waals surface area contributed by atoms with E-state index in [0.29, 0.717) is 5.41 Å². The molecule has 2 rings (SSSR count). The number of nitrogens with zero attached hydrogens (tertiary/aromatic N) is 1. The van der Waals surface area contributed by atoms with Crippen LogP contribution in [-0.4, -0.2) is 12.6 Å². The zero-order valence-electron chi connectivity index (χ0n) is 12.1. The Morgan fingerprint density at radius 3 is 2.53 bits per heavy atom. The van der Waals surface area contributed by atoms with Crippen molar-refractivity contribution in [3.8, 4) is 0 Å². The van der Waals surface area contributed by atoms with Gasteiger partial charge in [-0.1, -0.05) is 38.8 Å². The van der Waals surface area contributed by atoms with Crippen molar-refractivity contribution < 1.29 is 0 Å². The van der Waals surface area contributed by atoms with Gasteiger partial charge in [0.25, 0.3) is 0 Å². The van der Waals surface area contributed by atoms with Crippen LogP contribution >= 0.6 is 0 Å². The van der Waals surface area contributed by atoms with Crippen molar-refractivity contribution in [1.82, 2.24) is 0 Å². The first-order chi connectivity index (χ1) is 7.91. The van der Waals surface area contributed by atoms with E-state index in [2.05, 4.69) is 27.4 Å². The highest BCUT2D eigenvalue weighted by Gasteiger charge is 2.46. The van der Waals surface area contributed by atoms with E-state index in [-0.39, 0.29) is 5.54 Å². The molecule has 0 N–H and O–H groups in total. The SMILES string of the molecule is C=C(C)C1CCC2(C)CCCC(C)([N-]C)C2C1. The van der Waals surface area contributed by atoms with Crippen molar-refractivity contribution in [1.29, 1.82) is 0 Å². The molecule has 0 radical (unpaired) electrons. The highest BCUT2D eigenvalue weighted by Crippen LogP contribution is 2.58. The van der Waals surface area contributed by atoms with Crippen molar-refractivity contribution in [3.05, 3.63) is 17.5 Å². The van der Waals surface area contributed by atoms with Crippen LogP contribution < -0.4 is 0 Å². The lowest BCUT2D eigenvalue weighted by atomic mass is 9.52. The van der Waals surface area contributed by atoms with Crippen LogP contribution in [0.2, 0.25) is 0 Å². The first-order valence-corrected chi connectivity index (χ1v) is 7.18. The van der Waals surface area contributed by atoms with Crippen LogP contribution in [0.1, 0.15) is 59.3 Å². The monoisotopic (exact) mass is 234 g/mol. The molecule has 0 saturated heterocycles. The third kappa shape index (κ3) is 2.19. The van der Waals surface area contributed by atoms with E-state index in [0.717, 1.165) is 11.8 Å².